The molecule has 3 aromatic carbocycles. The number of carbonyl (C=O) groups excluding carboxylic acids is 1. The Morgan fingerprint density at radius 1 is 0.930 bits per heavy atom. The summed E-state index contributed by atoms with van der Waals surface area (Å²) in [4.78, 5) is 25.2. The van der Waals surface area contributed by atoms with Crippen molar-refractivity contribution in [3.8, 4) is 11.5 Å². The number of hydrogen-bond donors (Lipinski definition) is 3. The minimum absolute atomic E-state index is 0.0214. The highest BCUT2D eigenvalue weighted by Gasteiger charge is 2.34. The molecular formula is C33H38N2O8. The average Bonchev–Trinajstić information content (AvgIpc) is 3.03. The van der Waals surface area contributed by atoms with Crippen LogP contribution in [0, 0.1) is 0 Å². The lowest BCUT2D eigenvalue weighted by Crippen LogP contribution is -2.41. The molecule has 43 heavy (non-hydrogen) atoms. The van der Waals surface area contributed by atoms with Crippen LogP contribution in [0.15, 0.2) is 60.7 Å². The lowest BCUT2D eigenvalue weighted by molar-refractivity contribution is -0.253. The fourth-order valence-electron chi connectivity index (χ4n) is 5.59. The average molecular weight is 591 g/mol. The summed E-state index contributed by atoms with van der Waals surface area (Å²) in [6.07, 6.45) is 0.299. The smallest absolute Gasteiger partial charge is 0.303 e. The van der Waals surface area contributed by atoms with Gasteiger partial charge in [-0.1, -0.05) is 36.4 Å². The van der Waals surface area contributed by atoms with E-state index in [9.17, 15) is 14.7 Å². The molecule has 0 bridgehead atoms. The lowest BCUT2D eigenvalue weighted by atomic mass is 9.97. The molecule has 2 aliphatic rings. The van der Waals surface area contributed by atoms with Crippen molar-refractivity contribution in [2.45, 2.75) is 57.3 Å². The molecule has 5 rings (SSSR count). The first-order valence-electron chi connectivity index (χ1n) is 14.4. The van der Waals surface area contributed by atoms with Gasteiger partial charge in [-0.05, 0) is 52.9 Å². The summed E-state index contributed by atoms with van der Waals surface area (Å²) in [6.45, 7) is 2.36. The first kappa shape index (κ1) is 30.5. The van der Waals surface area contributed by atoms with Crippen LogP contribution >= 0.6 is 0 Å². The number of hydrogen-bond acceptors (Lipinski definition) is 8. The van der Waals surface area contributed by atoms with E-state index in [1.54, 1.807) is 26.4 Å². The molecule has 1 saturated heterocycles. The van der Waals surface area contributed by atoms with Gasteiger partial charge in [-0.15, -0.1) is 0 Å². The van der Waals surface area contributed by atoms with E-state index in [2.05, 4.69) is 22.3 Å². The van der Waals surface area contributed by atoms with Crippen LogP contribution in [0.25, 0.3) is 0 Å². The van der Waals surface area contributed by atoms with Crippen molar-refractivity contribution in [1.82, 2.24) is 4.90 Å². The number of aliphatic hydroxyl groups is 1. The molecule has 1 amide bonds. The van der Waals surface area contributed by atoms with Crippen LogP contribution in [0.4, 0.5) is 5.69 Å². The molecule has 3 atom stereocenters. The molecule has 2 heterocycles. The van der Waals surface area contributed by atoms with Crippen molar-refractivity contribution in [2.75, 3.05) is 32.6 Å². The zero-order valence-electron chi connectivity index (χ0n) is 24.5. The minimum atomic E-state index is -1.01. The number of amides is 1. The van der Waals surface area contributed by atoms with Crippen LogP contribution < -0.4 is 14.8 Å². The monoisotopic (exact) mass is 590 g/mol. The fourth-order valence-corrected chi connectivity index (χ4v) is 5.59. The van der Waals surface area contributed by atoms with Gasteiger partial charge in [-0.3, -0.25) is 14.5 Å². The van der Waals surface area contributed by atoms with Gasteiger partial charge in [0.1, 0.15) is 0 Å². The third-order valence-electron chi connectivity index (χ3n) is 7.91. The zero-order valence-corrected chi connectivity index (χ0v) is 24.5. The number of carbonyl (C=O) groups is 2. The molecule has 1 fully saturated rings. The van der Waals surface area contributed by atoms with Gasteiger partial charge in [0.05, 0.1) is 39.5 Å². The van der Waals surface area contributed by atoms with Crippen molar-refractivity contribution in [2.24, 2.45) is 0 Å². The minimum Gasteiger partial charge on any atom is -0.493 e. The summed E-state index contributed by atoms with van der Waals surface area (Å²) < 4.78 is 24.0. The number of carboxylic acid groups (broad SMARTS) is 1. The Morgan fingerprint density at radius 2 is 1.60 bits per heavy atom. The number of ether oxygens (including phenoxy) is 4. The number of benzene rings is 3. The highest BCUT2D eigenvalue weighted by atomic mass is 16.7. The van der Waals surface area contributed by atoms with E-state index in [-0.39, 0.29) is 37.6 Å². The molecule has 0 aliphatic carbocycles. The van der Waals surface area contributed by atoms with Crippen LogP contribution in [0.5, 0.6) is 11.5 Å². The number of aliphatic carboxylic acids is 1. The van der Waals surface area contributed by atoms with Crippen LogP contribution in [-0.4, -0.2) is 60.4 Å². The van der Waals surface area contributed by atoms with Crippen molar-refractivity contribution < 1.29 is 38.7 Å². The molecular weight excluding hydrogens is 552 g/mol. The first-order valence-corrected chi connectivity index (χ1v) is 14.4. The number of methoxy groups -OCH3 is 2. The molecule has 228 valence electrons. The molecule has 10 nitrogen and oxygen atoms in total. The third kappa shape index (κ3) is 7.71. The molecule has 0 radical (unpaired) electrons. The Bertz CT molecular complexity index is 1410. The summed E-state index contributed by atoms with van der Waals surface area (Å²) >= 11 is 0. The van der Waals surface area contributed by atoms with E-state index in [1.807, 2.05) is 36.4 Å². The van der Waals surface area contributed by atoms with Gasteiger partial charge in [0, 0.05) is 43.7 Å². The molecule has 3 aromatic rings. The van der Waals surface area contributed by atoms with E-state index in [0.29, 0.717) is 12.1 Å². The van der Waals surface area contributed by atoms with Gasteiger partial charge >= 0.3 is 5.97 Å². The second-order valence-electron chi connectivity index (χ2n) is 10.9. The quantitative estimate of drug-likeness (QED) is 0.294. The number of fused-ring (bicyclic) bond motifs is 1. The van der Waals surface area contributed by atoms with E-state index >= 15 is 0 Å². The summed E-state index contributed by atoms with van der Waals surface area (Å²) in [5.74, 6) is 0.0939. The van der Waals surface area contributed by atoms with Gasteiger partial charge < -0.3 is 34.5 Å². The molecule has 2 aliphatic heterocycles. The lowest BCUT2D eigenvalue weighted by Gasteiger charge is -2.39. The Kier molecular flexibility index (Phi) is 9.93. The predicted octanol–water partition coefficient (Wildman–Crippen LogP) is 4.60. The molecule has 0 saturated carbocycles. The van der Waals surface area contributed by atoms with Crippen LogP contribution in [0.2, 0.25) is 0 Å². The Balaban J connectivity index is 1.31. The molecule has 3 N–H and O–H groups in total. The maximum Gasteiger partial charge on any atom is 0.303 e. The number of nitrogens with zero attached hydrogens (tertiary/aromatic N) is 1. The number of rotatable bonds is 11. The summed E-state index contributed by atoms with van der Waals surface area (Å²) in [6, 6.07) is 19.1. The van der Waals surface area contributed by atoms with Gasteiger partial charge in [-0.2, -0.15) is 0 Å². The van der Waals surface area contributed by atoms with E-state index in [4.69, 9.17) is 24.1 Å². The van der Waals surface area contributed by atoms with E-state index in [0.717, 1.165) is 54.2 Å². The molecule has 0 aromatic heterocycles. The van der Waals surface area contributed by atoms with Gasteiger partial charge in [-0.25, -0.2) is 0 Å². The second-order valence-corrected chi connectivity index (χ2v) is 10.9. The maximum atomic E-state index is 12.1. The number of anilines is 1. The van der Waals surface area contributed by atoms with Crippen LogP contribution in [0.3, 0.4) is 0 Å². The van der Waals surface area contributed by atoms with E-state index < -0.39 is 12.3 Å². The molecule has 0 unspecified atom stereocenters. The number of carboxylic acids is 1. The standard InChI is InChI=1S/C33H38N2O8/c1-40-29-15-24-13-14-35(18-25(24)16-30(29)41-2)19-27-17-28(22-5-3-21(20-36)4-6-22)43-33(42-27)23-7-9-26(10-8-23)34-31(37)11-12-32(38)39/h3-10,15-16,27-28,33,36H,11-14,17-20H2,1-2H3,(H,34,37)(H,38,39)/t27-,28+,33+/m1/s1. The van der Waals surface area contributed by atoms with Crippen molar-refractivity contribution >= 4 is 17.6 Å². The second kappa shape index (κ2) is 14.0. The van der Waals surface area contributed by atoms with Gasteiger partial charge in [0.25, 0.3) is 0 Å². The largest absolute Gasteiger partial charge is 0.493 e. The molecule has 0 spiro atoms. The first-order chi connectivity index (χ1) is 20.8. The van der Waals surface area contributed by atoms with Crippen LogP contribution in [0.1, 0.15) is 59.5 Å². The van der Waals surface area contributed by atoms with Crippen LogP contribution in [-0.2, 0) is 38.6 Å². The summed E-state index contributed by atoms with van der Waals surface area (Å²) in [5.41, 5.74) is 5.71. The zero-order chi connectivity index (χ0) is 30.3. The number of nitrogens with one attached hydrogen (secondary N) is 1. The fraction of sp³-hybridized carbons (Fsp3) is 0.394. The van der Waals surface area contributed by atoms with Crippen molar-refractivity contribution in [1.29, 1.82) is 0 Å². The third-order valence-corrected chi connectivity index (χ3v) is 7.91. The summed E-state index contributed by atoms with van der Waals surface area (Å²) in [5, 5.41) is 21.0. The SMILES string of the molecule is COc1cc2c(cc1OC)CN(C[C@H]1C[C@@H](c3ccc(CO)cc3)O[C@@H](c3ccc(NC(=O)CCC(=O)O)cc3)O1)CC2. The summed E-state index contributed by atoms with van der Waals surface area (Å²) in [7, 11) is 3.30. The molecule has 10 heteroatoms. The normalized spacial score (nSPS) is 20.2. The van der Waals surface area contributed by atoms with Gasteiger partial charge in [0.2, 0.25) is 5.91 Å². The Labute approximate surface area is 251 Å². The highest BCUT2D eigenvalue weighted by Crippen LogP contribution is 2.39. The Hall–Kier alpha value is -3.96. The van der Waals surface area contributed by atoms with Gasteiger partial charge in [0.15, 0.2) is 17.8 Å². The topological polar surface area (TPSA) is 127 Å². The van der Waals surface area contributed by atoms with E-state index in [1.165, 1.54) is 11.1 Å². The number of aliphatic hydroxyl groups excluding tert-OH is 1. The van der Waals surface area contributed by atoms with Crippen molar-refractivity contribution in [3.05, 3.63) is 88.5 Å². The maximum absolute atomic E-state index is 12.1. The highest BCUT2D eigenvalue weighted by molar-refractivity contribution is 5.92. The Morgan fingerprint density at radius 3 is 2.26 bits per heavy atom. The predicted molar refractivity (Wildman–Crippen MR) is 159 cm³/mol. The van der Waals surface area contributed by atoms with Crippen molar-refractivity contribution in [3.63, 3.8) is 0 Å².